The molecule has 0 unspecified atom stereocenters. The average molecular weight is 657 g/mol. The molecule has 1 aromatic carbocycles. The van der Waals surface area contributed by atoms with Gasteiger partial charge in [-0.1, -0.05) is 38.1 Å². The van der Waals surface area contributed by atoms with Crippen molar-refractivity contribution >= 4 is 23.6 Å². The fourth-order valence-corrected chi connectivity index (χ4v) is 6.85. The molecule has 48 heavy (non-hydrogen) atoms. The van der Waals surface area contributed by atoms with Crippen LogP contribution in [0, 0.1) is 0 Å². The number of benzene rings is 1. The van der Waals surface area contributed by atoms with E-state index in [0.29, 0.717) is 34.8 Å². The standard InChI is InChI=1S/C38H52N6O4/c1-7-41(31-17-21-43(25-31)35-33(11-9-19-39-35)37(45)47-27(3)4)23-29-13-15-30(16-14-29)24-42(8-2)32-18-22-44(26-32)36-34(12-10-20-40-36)38(46)48-28(5)6/h9-16,19-20,27-28,31-32H,7-8,17-18,21-26H2,1-6H3/t31-,32-/m1/s1. The highest BCUT2D eigenvalue weighted by Crippen LogP contribution is 2.28. The molecule has 0 spiro atoms. The number of anilines is 2. The van der Waals surface area contributed by atoms with Crippen LogP contribution in [0.3, 0.4) is 0 Å². The lowest BCUT2D eigenvalue weighted by Gasteiger charge is -2.29. The van der Waals surface area contributed by atoms with Crippen molar-refractivity contribution < 1.29 is 19.1 Å². The fourth-order valence-electron chi connectivity index (χ4n) is 6.85. The van der Waals surface area contributed by atoms with Crippen LogP contribution in [-0.2, 0) is 22.6 Å². The van der Waals surface area contributed by atoms with Crippen molar-refractivity contribution in [3.63, 3.8) is 0 Å². The number of hydrogen-bond donors (Lipinski definition) is 0. The zero-order chi connectivity index (χ0) is 34.2. The topological polar surface area (TPSA) is 91.3 Å². The predicted molar refractivity (Wildman–Crippen MR) is 189 cm³/mol. The van der Waals surface area contributed by atoms with E-state index in [4.69, 9.17) is 9.47 Å². The molecule has 0 saturated carbocycles. The number of carbonyl (C=O) groups excluding carboxylic acids is 2. The quantitative estimate of drug-likeness (QED) is 0.198. The molecule has 2 aliphatic heterocycles. The van der Waals surface area contributed by atoms with Crippen LogP contribution in [0.5, 0.6) is 0 Å². The third kappa shape index (κ3) is 8.71. The molecule has 2 aliphatic rings. The number of nitrogens with zero attached hydrogens (tertiary/aromatic N) is 6. The predicted octanol–water partition coefficient (Wildman–Crippen LogP) is 5.81. The highest BCUT2D eigenvalue weighted by Gasteiger charge is 2.32. The smallest absolute Gasteiger partial charge is 0.342 e. The Morgan fingerprint density at radius 1 is 0.708 bits per heavy atom. The Morgan fingerprint density at radius 3 is 1.46 bits per heavy atom. The first-order valence-electron chi connectivity index (χ1n) is 17.5. The molecule has 3 aromatic rings. The van der Waals surface area contributed by atoms with Crippen molar-refractivity contribution in [3.8, 4) is 0 Å². The molecule has 10 nitrogen and oxygen atoms in total. The minimum atomic E-state index is -0.318. The zero-order valence-electron chi connectivity index (χ0n) is 29.5. The summed E-state index contributed by atoms with van der Waals surface area (Å²) in [5, 5.41) is 0. The van der Waals surface area contributed by atoms with Crippen molar-refractivity contribution in [2.75, 3.05) is 49.1 Å². The van der Waals surface area contributed by atoms with E-state index in [1.165, 1.54) is 11.1 Å². The van der Waals surface area contributed by atoms with E-state index in [1.54, 1.807) is 24.5 Å². The van der Waals surface area contributed by atoms with Gasteiger partial charge in [0.15, 0.2) is 0 Å². The molecule has 0 aliphatic carbocycles. The van der Waals surface area contributed by atoms with Gasteiger partial charge in [0.25, 0.3) is 0 Å². The van der Waals surface area contributed by atoms with Gasteiger partial charge in [0.2, 0.25) is 0 Å². The van der Waals surface area contributed by atoms with Crippen LogP contribution in [-0.4, -0.2) is 95.3 Å². The molecule has 0 bridgehead atoms. The lowest BCUT2D eigenvalue weighted by atomic mass is 10.1. The highest BCUT2D eigenvalue weighted by molar-refractivity contribution is 5.95. The van der Waals surface area contributed by atoms with Crippen LogP contribution in [0.2, 0.25) is 0 Å². The Hall–Kier alpha value is -4.02. The van der Waals surface area contributed by atoms with Crippen molar-refractivity contribution in [2.45, 2.75) is 91.8 Å². The van der Waals surface area contributed by atoms with Crippen LogP contribution < -0.4 is 9.80 Å². The second kappa shape index (κ2) is 16.4. The van der Waals surface area contributed by atoms with Gasteiger partial charge >= 0.3 is 11.9 Å². The molecule has 0 radical (unpaired) electrons. The largest absolute Gasteiger partial charge is 0.459 e. The van der Waals surface area contributed by atoms with Gasteiger partial charge in [-0.05, 0) is 89.0 Å². The second-order valence-corrected chi connectivity index (χ2v) is 13.4. The summed E-state index contributed by atoms with van der Waals surface area (Å²) in [5.74, 6) is 0.792. The van der Waals surface area contributed by atoms with Crippen LogP contribution in [0.15, 0.2) is 60.9 Å². The summed E-state index contributed by atoms with van der Waals surface area (Å²) in [6.45, 7) is 18.9. The number of ether oxygens (including phenoxy) is 2. The minimum absolute atomic E-state index is 0.175. The summed E-state index contributed by atoms with van der Waals surface area (Å²) in [6, 6.07) is 17.0. The zero-order valence-corrected chi connectivity index (χ0v) is 29.5. The number of hydrogen-bond acceptors (Lipinski definition) is 10. The first kappa shape index (κ1) is 35.3. The van der Waals surface area contributed by atoms with E-state index in [9.17, 15) is 9.59 Å². The minimum Gasteiger partial charge on any atom is -0.459 e. The monoisotopic (exact) mass is 656 g/mol. The molecular weight excluding hydrogens is 604 g/mol. The van der Waals surface area contributed by atoms with Gasteiger partial charge in [0, 0.05) is 63.7 Å². The molecule has 4 heterocycles. The lowest BCUT2D eigenvalue weighted by Crippen LogP contribution is -2.37. The summed E-state index contributed by atoms with van der Waals surface area (Å²) in [5.41, 5.74) is 3.66. The molecule has 2 aromatic heterocycles. The number of rotatable bonds is 14. The van der Waals surface area contributed by atoms with Gasteiger partial charge in [0.1, 0.15) is 22.8 Å². The third-order valence-electron chi connectivity index (χ3n) is 9.26. The molecule has 10 heteroatoms. The van der Waals surface area contributed by atoms with E-state index < -0.39 is 0 Å². The van der Waals surface area contributed by atoms with Crippen LogP contribution >= 0.6 is 0 Å². The molecule has 2 atom stereocenters. The second-order valence-electron chi connectivity index (χ2n) is 13.4. The first-order valence-corrected chi connectivity index (χ1v) is 17.5. The molecular formula is C38H52N6O4. The van der Waals surface area contributed by atoms with Crippen LogP contribution in [0.4, 0.5) is 11.6 Å². The number of likely N-dealkylation sites (N-methyl/N-ethyl adjacent to an activating group) is 2. The fraction of sp³-hybridized carbons (Fsp3) is 0.526. The number of pyridine rings is 2. The van der Waals surface area contributed by atoms with Gasteiger partial charge < -0.3 is 19.3 Å². The van der Waals surface area contributed by atoms with Gasteiger partial charge in [-0.2, -0.15) is 0 Å². The highest BCUT2D eigenvalue weighted by atomic mass is 16.5. The van der Waals surface area contributed by atoms with Crippen molar-refractivity contribution in [3.05, 3.63) is 83.2 Å². The van der Waals surface area contributed by atoms with Gasteiger partial charge in [-0.3, -0.25) is 9.80 Å². The molecule has 5 rings (SSSR count). The van der Waals surface area contributed by atoms with E-state index >= 15 is 0 Å². The average Bonchev–Trinajstić information content (AvgIpc) is 3.77. The number of carbonyl (C=O) groups is 2. The normalized spacial score (nSPS) is 18.0. The molecule has 0 amide bonds. The van der Waals surface area contributed by atoms with Crippen molar-refractivity contribution in [2.24, 2.45) is 0 Å². The SMILES string of the molecule is CCN(Cc1ccc(CN(CC)[C@@H]2CCN(c3ncccc3C(=O)OC(C)C)C2)cc1)[C@@H]1CCN(c2ncccc2C(=O)OC(C)C)C1. The van der Waals surface area contributed by atoms with Crippen LogP contribution in [0.25, 0.3) is 0 Å². The van der Waals surface area contributed by atoms with Crippen molar-refractivity contribution in [1.29, 1.82) is 0 Å². The van der Waals surface area contributed by atoms with Crippen LogP contribution in [0.1, 0.15) is 86.2 Å². The molecule has 2 saturated heterocycles. The Balaban J connectivity index is 1.17. The maximum absolute atomic E-state index is 12.7. The van der Waals surface area contributed by atoms with E-state index in [0.717, 1.165) is 65.2 Å². The third-order valence-corrected chi connectivity index (χ3v) is 9.26. The Bertz CT molecular complexity index is 1400. The first-order chi connectivity index (χ1) is 23.2. The van der Waals surface area contributed by atoms with Crippen molar-refractivity contribution in [1.82, 2.24) is 19.8 Å². The Morgan fingerprint density at radius 2 is 1.10 bits per heavy atom. The van der Waals surface area contributed by atoms with Gasteiger partial charge in [-0.15, -0.1) is 0 Å². The number of esters is 2. The maximum atomic E-state index is 12.7. The number of aromatic nitrogens is 2. The summed E-state index contributed by atoms with van der Waals surface area (Å²) in [4.78, 5) is 44.2. The summed E-state index contributed by atoms with van der Waals surface area (Å²) < 4.78 is 11.0. The van der Waals surface area contributed by atoms with E-state index in [2.05, 4.69) is 67.7 Å². The molecule has 0 N–H and O–H groups in total. The van der Waals surface area contributed by atoms with E-state index in [-0.39, 0.29) is 24.1 Å². The van der Waals surface area contributed by atoms with Gasteiger partial charge in [-0.25, -0.2) is 19.6 Å². The molecule has 258 valence electrons. The lowest BCUT2D eigenvalue weighted by molar-refractivity contribution is 0.0367. The summed E-state index contributed by atoms with van der Waals surface area (Å²) in [6.07, 6.45) is 5.18. The Kier molecular flexibility index (Phi) is 12.1. The van der Waals surface area contributed by atoms with Gasteiger partial charge in [0.05, 0.1) is 12.2 Å². The molecule has 2 fully saturated rings. The summed E-state index contributed by atoms with van der Waals surface area (Å²) in [7, 11) is 0. The van der Waals surface area contributed by atoms with E-state index in [1.807, 2.05) is 39.8 Å². The summed E-state index contributed by atoms with van der Waals surface area (Å²) >= 11 is 0. The maximum Gasteiger partial charge on any atom is 0.342 e. The Labute approximate surface area is 286 Å².